The first kappa shape index (κ1) is 14.6. The quantitative estimate of drug-likeness (QED) is 0.805. The average Bonchev–Trinajstić information content (AvgIpc) is 2.39. The van der Waals surface area contributed by atoms with Crippen LogP contribution < -0.4 is 5.46 Å². The lowest BCUT2D eigenvalue weighted by Gasteiger charge is -2.34. The summed E-state index contributed by atoms with van der Waals surface area (Å²) in [6.45, 7) is 3.27. The molecule has 104 valence electrons. The summed E-state index contributed by atoms with van der Waals surface area (Å²) in [5, 5.41) is 18.1. The van der Waals surface area contributed by atoms with Crippen LogP contribution in [0.4, 0.5) is 0 Å². The predicted octanol–water partition coefficient (Wildman–Crippen LogP) is 1.38. The van der Waals surface area contributed by atoms with Gasteiger partial charge in [0.05, 0.1) is 0 Å². The molecule has 4 heteroatoms. The van der Waals surface area contributed by atoms with Crippen molar-refractivity contribution in [3.05, 3.63) is 29.8 Å². The van der Waals surface area contributed by atoms with Crippen molar-refractivity contribution in [2.75, 3.05) is 7.05 Å². The molecule has 0 aromatic heterocycles. The minimum absolute atomic E-state index is 0.553. The maximum Gasteiger partial charge on any atom is 0.488 e. The van der Waals surface area contributed by atoms with Gasteiger partial charge in [-0.1, -0.05) is 44.0 Å². The summed E-state index contributed by atoms with van der Waals surface area (Å²) in [7, 11) is 0.823. The molecule has 0 amide bonds. The second-order valence-corrected chi connectivity index (χ2v) is 5.96. The first-order valence-corrected chi connectivity index (χ1v) is 7.21. The molecule has 1 aliphatic rings. The Labute approximate surface area is 116 Å². The summed E-state index contributed by atoms with van der Waals surface area (Å²) in [4.78, 5) is 2.43. The van der Waals surface area contributed by atoms with Crippen molar-refractivity contribution in [3.8, 4) is 0 Å². The van der Waals surface area contributed by atoms with Crippen LogP contribution in [0.3, 0.4) is 0 Å². The molecule has 1 fully saturated rings. The highest BCUT2D eigenvalue weighted by molar-refractivity contribution is 6.58. The van der Waals surface area contributed by atoms with Crippen molar-refractivity contribution in [3.63, 3.8) is 0 Å². The Balaban J connectivity index is 1.92. The van der Waals surface area contributed by atoms with Gasteiger partial charge in [0.2, 0.25) is 0 Å². The Bertz CT molecular complexity index is 394. The Hall–Kier alpha value is -0.835. The molecule has 2 unspecified atom stereocenters. The predicted molar refractivity (Wildman–Crippen MR) is 79.2 cm³/mol. The van der Waals surface area contributed by atoms with Gasteiger partial charge in [-0.15, -0.1) is 0 Å². The van der Waals surface area contributed by atoms with Gasteiger partial charge in [-0.3, -0.25) is 4.90 Å². The molecule has 0 aliphatic heterocycles. The van der Waals surface area contributed by atoms with Gasteiger partial charge in [-0.25, -0.2) is 0 Å². The van der Waals surface area contributed by atoms with E-state index in [4.69, 9.17) is 10.0 Å². The zero-order valence-electron chi connectivity index (χ0n) is 11.9. The van der Waals surface area contributed by atoms with Gasteiger partial charge >= 0.3 is 7.12 Å². The minimum Gasteiger partial charge on any atom is -0.423 e. The maximum absolute atomic E-state index is 9.07. The zero-order chi connectivity index (χ0) is 13.8. The van der Waals surface area contributed by atoms with Gasteiger partial charge in [0.15, 0.2) is 0 Å². The van der Waals surface area contributed by atoms with E-state index in [-0.39, 0.29) is 0 Å². The lowest BCUT2D eigenvalue weighted by atomic mass is 9.80. The van der Waals surface area contributed by atoms with Crippen molar-refractivity contribution in [1.82, 2.24) is 4.90 Å². The van der Waals surface area contributed by atoms with Crippen LogP contribution in [0.5, 0.6) is 0 Å². The van der Waals surface area contributed by atoms with Crippen molar-refractivity contribution in [1.29, 1.82) is 0 Å². The Morgan fingerprint density at radius 1 is 1.21 bits per heavy atom. The highest BCUT2D eigenvalue weighted by Gasteiger charge is 2.22. The van der Waals surface area contributed by atoms with E-state index in [0.29, 0.717) is 11.5 Å². The number of rotatable bonds is 4. The van der Waals surface area contributed by atoms with Gasteiger partial charge in [0, 0.05) is 12.6 Å². The fraction of sp³-hybridized carbons (Fsp3) is 0.600. The molecule has 3 nitrogen and oxygen atoms in total. The van der Waals surface area contributed by atoms with Crippen LogP contribution >= 0.6 is 0 Å². The normalized spacial score (nSPS) is 23.6. The molecule has 2 rings (SSSR count). The van der Waals surface area contributed by atoms with Crippen LogP contribution in [0.2, 0.25) is 0 Å². The van der Waals surface area contributed by atoms with Gasteiger partial charge in [0.25, 0.3) is 0 Å². The van der Waals surface area contributed by atoms with Crippen LogP contribution in [0, 0.1) is 5.92 Å². The molecule has 2 atom stereocenters. The van der Waals surface area contributed by atoms with Gasteiger partial charge < -0.3 is 10.0 Å². The molecule has 1 aromatic rings. The molecular weight excluding hydrogens is 237 g/mol. The second-order valence-electron chi connectivity index (χ2n) is 5.96. The SMILES string of the molecule is CC1CCCC(N(C)Cc2ccc(B(O)O)cc2)C1. The van der Waals surface area contributed by atoms with Crippen molar-refractivity contribution in [2.45, 2.75) is 45.2 Å². The zero-order valence-corrected chi connectivity index (χ0v) is 11.9. The van der Waals surface area contributed by atoms with E-state index in [1.807, 2.05) is 12.1 Å². The maximum atomic E-state index is 9.07. The first-order valence-electron chi connectivity index (χ1n) is 7.21. The van der Waals surface area contributed by atoms with Gasteiger partial charge in [-0.05, 0) is 36.8 Å². The molecule has 0 spiro atoms. The molecule has 1 aromatic carbocycles. The highest BCUT2D eigenvalue weighted by atomic mass is 16.4. The van der Waals surface area contributed by atoms with E-state index in [9.17, 15) is 0 Å². The van der Waals surface area contributed by atoms with Crippen molar-refractivity contribution < 1.29 is 10.0 Å². The van der Waals surface area contributed by atoms with Crippen molar-refractivity contribution >= 4 is 12.6 Å². The minimum atomic E-state index is -1.37. The van der Waals surface area contributed by atoms with Crippen LogP contribution in [-0.2, 0) is 6.54 Å². The third kappa shape index (κ3) is 4.06. The Morgan fingerprint density at radius 2 is 1.89 bits per heavy atom. The molecular formula is C15H24BNO2. The number of benzene rings is 1. The molecule has 0 bridgehead atoms. The van der Waals surface area contributed by atoms with Crippen molar-refractivity contribution in [2.24, 2.45) is 5.92 Å². The van der Waals surface area contributed by atoms with E-state index in [1.165, 1.54) is 31.2 Å². The summed E-state index contributed by atoms with van der Waals surface area (Å²) < 4.78 is 0. The molecule has 1 aliphatic carbocycles. The second kappa shape index (κ2) is 6.55. The van der Waals surface area contributed by atoms with Crippen LogP contribution in [0.15, 0.2) is 24.3 Å². The monoisotopic (exact) mass is 261 g/mol. The van der Waals surface area contributed by atoms with E-state index in [1.54, 1.807) is 12.1 Å². The smallest absolute Gasteiger partial charge is 0.423 e. The summed E-state index contributed by atoms with van der Waals surface area (Å²) in [5.74, 6) is 0.841. The molecule has 0 radical (unpaired) electrons. The topological polar surface area (TPSA) is 43.7 Å². The lowest BCUT2D eigenvalue weighted by molar-refractivity contribution is 0.158. The van der Waals surface area contributed by atoms with Gasteiger partial charge in [-0.2, -0.15) is 0 Å². The lowest BCUT2D eigenvalue weighted by Crippen LogP contribution is -2.35. The van der Waals surface area contributed by atoms with E-state index in [2.05, 4.69) is 18.9 Å². The van der Waals surface area contributed by atoms with Crippen LogP contribution in [0.1, 0.15) is 38.2 Å². The largest absolute Gasteiger partial charge is 0.488 e. The average molecular weight is 261 g/mol. The third-order valence-electron chi connectivity index (χ3n) is 4.24. The van der Waals surface area contributed by atoms with Crippen LogP contribution in [-0.4, -0.2) is 35.2 Å². The molecule has 0 saturated heterocycles. The summed E-state index contributed by atoms with van der Waals surface area (Å²) in [5.41, 5.74) is 1.78. The van der Waals surface area contributed by atoms with Gasteiger partial charge in [0.1, 0.15) is 0 Å². The highest BCUT2D eigenvalue weighted by Crippen LogP contribution is 2.27. The Kier molecular flexibility index (Phi) is 5.02. The number of hydrogen-bond acceptors (Lipinski definition) is 3. The molecule has 0 heterocycles. The fourth-order valence-electron chi connectivity index (χ4n) is 3.01. The molecule has 1 saturated carbocycles. The first-order chi connectivity index (χ1) is 9.06. The number of hydrogen-bond donors (Lipinski definition) is 2. The fourth-order valence-corrected chi connectivity index (χ4v) is 3.01. The molecule has 19 heavy (non-hydrogen) atoms. The summed E-state index contributed by atoms with van der Waals surface area (Å²) in [6, 6.07) is 8.23. The standard InChI is InChI=1S/C15H24BNO2/c1-12-4-3-5-15(10-12)17(2)11-13-6-8-14(9-7-13)16(18)19/h6-9,12,15,18-19H,3-5,10-11H2,1-2H3. The Morgan fingerprint density at radius 3 is 2.47 bits per heavy atom. The number of nitrogens with zero attached hydrogens (tertiary/aromatic N) is 1. The molecule has 2 N–H and O–H groups in total. The van der Waals surface area contributed by atoms with Crippen LogP contribution in [0.25, 0.3) is 0 Å². The third-order valence-corrected chi connectivity index (χ3v) is 4.24. The van der Waals surface area contributed by atoms with E-state index < -0.39 is 7.12 Å². The van der Waals surface area contributed by atoms with E-state index >= 15 is 0 Å². The summed E-state index contributed by atoms with van der Waals surface area (Å²) in [6.07, 6.45) is 5.30. The summed E-state index contributed by atoms with van der Waals surface area (Å²) >= 11 is 0. The van der Waals surface area contributed by atoms with E-state index in [0.717, 1.165) is 12.5 Å².